The zero-order valence-corrected chi connectivity index (χ0v) is 11.6. The molecule has 0 aliphatic heterocycles. The first-order valence-corrected chi connectivity index (χ1v) is 7.26. The van der Waals surface area contributed by atoms with E-state index in [1.165, 1.54) is 12.1 Å². The highest BCUT2D eigenvalue weighted by Gasteiger charge is 2.09. The lowest BCUT2D eigenvalue weighted by molar-refractivity contribution is 0.571. The van der Waals surface area contributed by atoms with E-state index in [4.69, 9.17) is 10.2 Å². The third-order valence-electron chi connectivity index (χ3n) is 2.71. The topological polar surface area (TPSA) is 52.0 Å². The van der Waals surface area contributed by atoms with Gasteiger partial charge in [-0.25, -0.2) is 9.37 Å². The predicted octanol–water partition coefficient (Wildman–Crippen LogP) is 3.45. The second-order valence-corrected chi connectivity index (χ2v) is 5.78. The van der Waals surface area contributed by atoms with Crippen LogP contribution in [0, 0.1) is 5.82 Å². The standard InChI is InChI=1S/C14H17FN2OS/c1-10(5-6-16)19-9-13-8-18-14(17-13)11-3-2-4-12(15)7-11/h2-4,7-8,10H,5-6,9,16H2,1H3. The molecule has 1 atom stereocenters. The molecule has 0 amide bonds. The van der Waals surface area contributed by atoms with Crippen molar-refractivity contribution in [1.82, 2.24) is 4.98 Å². The summed E-state index contributed by atoms with van der Waals surface area (Å²) in [6.45, 7) is 2.84. The first-order valence-electron chi connectivity index (χ1n) is 6.21. The van der Waals surface area contributed by atoms with Crippen molar-refractivity contribution in [2.45, 2.75) is 24.3 Å². The fraction of sp³-hybridized carbons (Fsp3) is 0.357. The van der Waals surface area contributed by atoms with Gasteiger partial charge in [-0.05, 0) is 31.2 Å². The van der Waals surface area contributed by atoms with E-state index >= 15 is 0 Å². The highest BCUT2D eigenvalue weighted by molar-refractivity contribution is 7.99. The van der Waals surface area contributed by atoms with Gasteiger partial charge in [0, 0.05) is 16.6 Å². The number of oxazole rings is 1. The molecule has 0 fully saturated rings. The molecule has 0 aliphatic rings. The normalized spacial score (nSPS) is 12.6. The van der Waals surface area contributed by atoms with Crippen molar-refractivity contribution in [3.8, 4) is 11.5 Å². The van der Waals surface area contributed by atoms with Crippen LogP contribution in [0.15, 0.2) is 34.9 Å². The van der Waals surface area contributed by atoms with E-state index in [9.17, 15) is 4.39 Å². The molecule has 0 aliphatic carbocycles. The molecule has 0 radical (unpaired) electrons. The van der Waals surface area contributed by atoms with Gasteiger partial charge in [-0.15, -0.1) is 0 Å². The SMILES string of the molecule is CC(CCN)SCc1coc(-c2cccc(F)c2)n1. The molecule has 2 N–H and O–H groups in total. The molecule has 0 bridgehead atoms. The Labute approximate surface area is 116 Å². The smallest absolute Gasteiger partial charge is 0.226 e. The molecular weight excluding hydrogens is 263 g/mol. The fourth-order valence-corrected chi connectivity index (χ4v) is 2.56. The van der Waals surface area contributed by atoms with E-state index in [1.807, 2.05) is 0 Å². The third kappa shape index (κ3) is 4.08. The Bertz CT molecular complexity index is 530. The van der Waals surface area contributed by atoms with Crippen molar-refractivity contribution in [3.63, 3.8) is 0 Å². The van der Waals surface area contributed by atoms with E-state index < -0.39 is 0 Å². The molecule has 0 spiro atoms. The number of halogens is 1. The first-order chi connectivity index (χ1) is 9.19. The molecule has 2 aromatic rings. The van der Waals surface area contributed by atoms with Crippen LogP contribution in [-0.4, -0.2) is 16.8 Å². The number of hydrogen-bond acceptors (Lipinski definition) is 4. The van der Waals surface area contributed by atoms with Gasteiger partial charge in [0.15, 0.2) is 0 Å². The highest BCUT2D eigenvalue weighted by atomic mass is 32.2. The summed E-state index contributed by atoms with van der Waals surface area (Å²) in [5, 5.41) is 0.499. The minimum atomic E-state index is -0.289. The van der Waals surface area contributed by atoms with Gasteiger partial charge < -0.3 is 10.2 Å². The summed E-state index contributed by atoms with van der Waals surface area (Å²) in [5.74, 6) is 0.949. The van der Waals surface area contributed by atoms with E-state index in [0.29, 0.717) is 23.2 Å². The second kappa shape index (κ2) is 6.73. The van der Waals surface area contributed by atoms with Crippen LogP contribution in [0.4, 0.5) is 4.39 Å². The minimum absolute atomic E-state index is 0.289. The van der Waals surface area contributed by atoms with Crippen LogP contribution in [0.5, 0.6) is 0 Å². The Morgan fingerprint density at radius 3 is 3.05 bits per heavy atom. The number of rotatable bonds is 6. The van der Waals surface area contributed by atoms with Gasteiger partial charge in [0.25, 0.3) is 0 Å². The fourth-order valence-electron chi connectivity index (χ4n) is 1.67. The third-order valence-corrected chi connectivity index (χ3v) is 3.98. The van der Waals surface area contributed by atoms with E-state index in [2.05, 4.69) is 11.9 Å². The van der Waals surface area contributed by atoms with Gasteiger partial charge >= 0.3 is 0 Å². The van der Waals surface area contributed by atoms with Gasteiger partial charge in [-0.1, -0.05) is 13.0 Å². The van der Waals surface area contributed by atoms with Gasteiger partial charge in [0.2, 0.25) is 5.89 Å². The van der Waals surface area contributed by atoms with Crippen molar-refractivity contribution >= 4 is 11.8 Å². The molecular formula is C14H17FN2OS. The van der Waals surface area contributed by atoms with Gasteiger partial charge in [0.05, 0.1) is 5.69 Å². The van der Waals surface area contributed by atoms with Crippen molar-refractivity contribution < 1.29 is 8.81 Å². The number of nitrogens with zero attached hydrogens (tertiary/aromatic N) is 1. The summed E-state index contributed by atoms with van der Waals surface area (Å²) in [6, 6.07) is 6.24. The average molecular weight is 280 g/mol. The molecule has 1 unspecified atom stereocenters. The Balaban J connectivity index is 1.99. The lowest BCUT2D eigenvalue weighted by Gasteiger charge is -2.07. The van der Waals surface area contributed by atoms with E-state index in [1.54, 1.807) is 30.2 Å². The molecule has 1 aromatic carbocycles. The molecule has 102 valence electrons. The van der Waals surface area contributed by atoms with Crippen LogP contribution in [0.3, 0.4) is 0 Å². The lowest BCUT2D eigenvalue weighted by Crippen LogP contribution is -2.07. The Morgan fingerprint density at radius 1 is 1.47 bits per heavy atom. The molecule has 0 saturated heterocycles. The zero-order valence-electron chi connectivity index (χ0n) is 10.8. The summed E-state index contributed by atoms with van der Waals surface area (Å²) in [5.41, 5.74) is 7.04. The van der Waals surface area contributed by atoms with E-state index in [0.717, 1.165) is 17.9 Å². The van der Waals surface area contributed by atoms with Crippen molar-refractivity contribution in [2.24, 2.45) is 5.73 Å². The number of thioether (sulfide) groups is 1. The molecule has 19 heavy (non-hydrogen) atoms. The average Bonchev–Trinajstić information content (AvgIpc) is 2.85. The second-order valence-electron chi connectivity index (χ2n) is 4.35. The van der Waals surface area contributed by atoms with Crippen LogP contribution in [0.1, 0.15) is 19.0 Å². The van der Waals surface area contributed by atoms with Gasteiger partial charge in [-0.3, -0.25) is 0 Å². The van der Waals surface area contributed by atoms with Gasteiger partial charge in [0.1, 0.15) is 12.1 Å². The van der Waals surface area contributed by atoms with Crippen LogP contribution in [0.25, 0.3) is 11.5 Å². The van der Waals surface area contributed by atoms with Gasteiger partial charge in [-0.2, -0.15) is 11.8 Å². The molecule has 1 heterocycles. The van der Waals surface area contributed by atoms with Crippen LogP contribution in [0.2, 0.25) is 0 Å². The van der Waals surface area contributed by atoms with Crippen LogP contribution in [-0.2, 0) is 5.75 Å². The molecule has 0 saturated carbocycles. The summed E-state index contributed by atoms with van der Waals surface area (Å²) >= 11 is 1.79. The largest absolute Gasteiger partial charge is 0.444 e. The summed E-state index contributed by atoms with van der Waals surface area (Å²) in [4.78, 5) is 4.37. The van der Waals surface area contributed by atoms with Crippen molar-refractivity contribution in [2.75, 3.05) is 6.54 Å². The molecule has 1 aromatic heterocycles. The monoisotopic (exact) mass is 280 g/mol. The van der Waals surface area contributed by atoms with Crippen LogP contribution >= 0.6 is 11.8 Å². The van der Waals surface area contributed by atoms with Crippen molar-refractivity contribution in [1.29, 1.82) is 0 Å². The number of hydrogen-bond donors (Lipinski definition) is 1. The maximum atomic E-state index is 13.1. The minimum Gasteiger partial charge on any atom is -0.444 e. The van der Waals surface area contributed by atoms with Crippen LogP contribution < -0.4 is 5.73 Å². The molecule has 5 heteroatoms. The molecule has 2 rings (SSSR count). The van der Waals surface area contributed by atoms with E-state index in [-0.39, 0.29) is 5.82 Å². The van der Waals surface area contributed by atoms with Crippen molar-refractivity contribution in [3.05, 3.63) is 42.0 Å². The number of aromatic nitrogens is 1. The Hall–Kier alpha value is -1.33. The summed E-state index contributed by atoms with van der Waals surface area (Å²) in [6.07, 6.45) is 2.61. The highest BCUT2D eigenvalue weighted by Crippen LogP contribution is 2.23. The Morgan fingerprint density at radius 2 is 2.32 bits per heavy atom. The maximum Gasteiger partial charge on any atom is 0.226 e. The molecule has 3 nitrogen and oxygen atoms in total. The zero-order chi connectivity index (χ0) is 13.7. The summed E-state index contributed by atoms with van der Waals surface area (Å²) < 4.78 is 18.5. The number of nitrogens with two attached hydrogens (primary N) is 1. The lowest BCUT2D eigenvalue weighted by atomic mass is 10.2. The summed E-state index contributed by atoms with van der Waals surface area (Å²) in [7, 11) is 0. The first kappa shape index (κ1) is 14.1. The quantitative estimate of drug-likeness (QED) is 0.880. The Kier molecular flexibility index (Phi) is 4.99. The predicted molar refractivity (Wildman–Crippen MR) is 76.3 cm³/mol. The number of benzene rings is 1. The maximum absolute atomic E-state index is 13.1.